The number of halogens is 2. The minimum Gasteiger partial charge on any atom is -0.324 e. The van der Waals surface area contributed by atoms with Crippen molar-refractivity contribution in [2.24, 2.45) is 0 Å². The zero-order valence-corrected chi connectivity index (χ0v) is 16.6. The van der Waals surface area contributed by atoms with E-state index in [0.717, 1.165) is 10.1 Å². The van der Waals surface area contributed by atoms with Gasteiger partial charge in [-0.15, -0.1) is 5.10 Å². The van der Waals surface area contributed by atoms with Crippen LogP contribution in [0.1, 0.15) is 11.1 Å². The van der Waals surface area contributed by atoms with E-state index in [-0.39, 0.29) is 12.1 Å². The van der Waals surface area contributed by atoms with Crippen LogP contribution in [-0.4, -0.2) is 30.5 Å². The number of carbonyl (C=O) groups excluding carboxylic acids is 1. The van der Waals surface area contributed by atoms with Crippen LogP contribution < -0.4 is 10.9 Å². The van der Waals surface area contributed by atoms with Gasteiger partial charge in [0.25, 0.3) is 5.56 Å². The maximum atomic E-state index is 13.6. The summed E-state index contributed by atoms with van der Waals surface area (Å²) in [4.78, 5) is 29.2. The normalized spacial score (nSPS) is 11.0. The molecule has 1 N–H and O–H groups in total. The molecule has 2 aromatic carbocycles. The van der Waals surface area contributed by atoms with Crippen molar-refractivity contribution in [3.05, 3.63) is 81.1 Å². The Labute approximate surface area is 174 Å². The van der Waals surface area contributed by atoms with E-state index < -0.39 is 17.3 Å². The molecule has 0 saturated heterocycles. The van der Waals surface area contributed by atoms with E-state index >= 15 is 0 Å². The van der Waals surface area contributed by atoms with Crippen molar-refractivity contribution in [1.82, 2.24) is 24.5 Å². The third-order valence-corrected chi connectivity index (χ3v) is 4.72. The number of aromatic nitrogens is 5. The lowest BCUT2D eigenvalue weighted by molar-refractivity contribution is -0.116. The third-order valence-electron chi connectivity index (χ3n) is 4.48. The van der Waals surface area contributed by atoms with Crippen molar-refractivity contribution in [3.8, 4) is 0 Å². The highest BCUT2D eigenvalue weighted by atomic mass is 35.5. The van der Waals surface area contributed by atoms with Crippen LogP contribution in [0.2, 0.25) is 5.02 Å². The highest BCUT2D eigenvalue weighted by Gasteiger charge is 2.14. The Morgan fingerprint density at radius 1 is 1.23 bits per heavy atom. The van der Waals surface area contributed by atoms with Gasteiger partial charge in [-0.2, -0.15) is 0 Å². The number of nitrogens with one attached hydrogen (secondary N) is 1. The number of rotatable bonds is 5. The monoisotopic (exact) mass is 426 g/mol. The molecule has 152 valence electrons. The fraction of sp³-hybridized carbons (Fsp3) is 0.150. The van der Waals surface area contributed by atoms with Gasteiger partial charge in [0.2, 0.25) is 5.91 Å². The molecule has 8 nitrogen and oxygen atoms in total. The maximum Gasteiger partial charge on any atom is 0.283 e. The van der Waals surface area contributed by atoms with Crippen LogP contribution in [0, 0.1) is 12.7 Å². The molecule has 4 rings (SSSR count). The van der Waals surface area contributed by atoms with Crippen molar-refractivity contribution in [1.29, 1.82) is 0 Å². The van der Waals surface area contributed by atoms with E-state index in [1.165, 1.54) is 17.1 Å². The van der Waals surface area contributed by atoms with Crippen molar-refractivity contribution < 1.29 is 9.18 Å². The number of nitrogens with zero attached hydrogens (tertiary/aromatic N) is 5. The Balaban J connectivity index is 1.54. The summed E-state index contributed by atoms with van der Waals surface area (Å²) in [6.07, 6.45) is 1.26. The summed E-state index contributed by atoms with van der Waals surface area (Å²) in [5.74, 6) is -0.919. The number of anilines is 1. The van der Waals surface area contributed by atoms with Crippen molar-refractivity contribution in [2.75, 3.05) is 5.32 Å². The zero-order valence-electron chi connectivity index (χ0n) is 15.8. The number of benzene rings is 2. The van der Waals surface area contributed by atoms with Gasteiger partial charge in [0, 0.05) is 10.7 Å². The van der Waals surface area contributed by atoms with E-state index in [9.17, 15) is 14.0 Å². The van der Waals surface area contributed by atoms with Gasteiger partial charge in [0.1, 0.15) is 18.7 Å². The lowest BCUT2D eigenvalue weighted by Crippen LogP contribution is -2.28. The predicted octanol–water partition coefficient (Wildman–Crippen LogP) is 2.78. The van der Waals surface area contributed by atoms with E-state index in [0.29, 0.717) is 28.5 Å². The van der Waals surface area contributed by atoms with Crippen LogP contribution in [-0.2, 0) is 17.9 Å². The first-order valence-electron chi connectivity index (χ1n) is 9.00. The topological polar surface area (TPSA) is 94.7 Å². The number of carbonyl (C=O) groups is 1. The molecule has 0 saturated carbocycles. The van der Waals surface area contributed by atoms with Gasteiger partial charge in [-0.3, -0.25) is 14.2 Å². The average molecular weight is 427 g/mol. The third kappa shape index (κ3) is 4.06. The molecule has 0 radical (unpaired) electrons. The minimum absolute atomic E-state index is 0.0497. The molecule has 0 bridgehead atoms. The molecular weight excluding hydrogens is 411 g/mol. The molecule has 1 amide bonds. The summed E-state index contributed by atoms with van der Waals surface area (Å²) in [7, 11) is 0. The minimum atomic E-state index is -0.498. The van der Waals surface area contributed by atoms with Gasteiger partial charge in [-0.25, -0.2) is 14.1 Å². The van der Waals surface area contributed by atoms with Crippen LogP contribution >= 0.6 is 11.6 Å². The smallest absolute Gasteiger partial charge is 0.283 e. The van der Waals surface area contributed by atoms with Gasteiger partial charge in [-0.05, 0) is 42.3 Å². The summed E-state index contributed by atoms with van der Waals surface area (Å²) >= 11 is 6.00. The van der Waals surface area contributed by atoms with Crippen molar-refractivity contribution in [3.63, 3.8) is 0 Å². The van der Waals surface area contributed by atoms with Crippen LogP contribution in [0.3, 0.4) is 0 Å². The Bertz CT molecular complexity index is 1320. The Kier molecular flexibility index (Phi) is 5.28. The van der Waals surface area contributed by atoms with Crippen LogP contribution in [0.5, 0.6) is 0 Å². The fourth-order valence-electron chi connectivity index (χ4n) is 2.94. The summed E-state index contributed by atoms with van der Waals surface area (Å²) in [5, 5.41) is 11.1. The summed E-state index contributed by atoms with van der Waals surface area (Å²) in [5.41, 5.74) is 1.51. The molecular formula is C20H16ClFN6O2. The number of hydrogen-bond donors (Lipinski definition) is 1. The average Bonchev–Trinajstić information content (AvgIpc) is 3.10. The van der Waals surface area contributed by atoms with Gasteiger partial charge >= 0.3 is 0 Å². The Morgan fingerprint density at radius 3 is 2.83 bits per heavy atom. The van der Waals surface area contributed by atoms with Crippen LogP contribution in [0.25, 0.3) is 11.2 Å². The van der Waals surface area contributed by atoms with Gasteiger partial charge in [0.15, 0.2) is 11.2 Å². The van der Waals surface area contributed by atoms with Crippen molar-refractivity contribution >= 4 is 34.4 Å². The van der Waals surface area contributed by atoms with Gasteiger partial charge in [-0.1, -0.05) is 35.0 Å². The second-order valence-electron chi connectivity index (χ2n) is 6.74. The highest BCUT2D eigenvalue weighted by molar-refractivity contribution is 6.30. The van der Waals surface area contributed by atoms with Crippen LogP contribution in [0.4, 0.5) is 10.1 Å². The standard InChI is InChI=1S/C20H16ClFN6O2/c1-12-5-6-15(8-16(12)22)24-17(29)10-27-11-23-19-18(20(27)30)25-26-28(19)9-13-3-2-4-14(21)7-13/h2-8,11H,9-10H2,1H3,(H,24,29). The molecule has 4 aromatic rings. The van der Waals surface area contributed by atoms with E-state index in [4.69, 9.17) is 11.6 Å². The largest absolute Gasteiger partial charge is 0.324 e. The molecule has 0 fully saturated rings. The first kappa shape index (κ1) is 19.7. The SMILES string of the molecule is Cc1ccc(NC(=O)Cn2cnc3c(nnn3Cc3cccc(Cl)c3)c2=O)cc1F. The van der Waals surface area contributed by atoms with Crippen LogP contribution in [0.15, 0.2) is 53.6 Å². The van der Waals surface area contributed by atoms with E-state index in [1.54, 1.807) is 31.2 Å². The molecule has 30 heavy (non-hydrogen) atoms. The van der Waals surface area contributed by atoms with E-state index in [2.05, 4.69) is 20.6 Å². The summed E-state index contributed by atoms with van der Waals surface area (Å²) in [6.45, 7) is 1.67. The quantitative estimate of drug-likeness (QED) is 0.529. The lowest BCUT2D eigenvalue weighted by Gasteiger charge is -2.08. The first-order valence-corrected chi connectivity index (χ1v) is 9.37. The highest BCUT2D eigenvalue weighted by Crippen LogP contribution is 2.14. The fourth-order valence-corrected chi connectivity index (χ4v) is 3.15. The Morgan fingerprint density at radius 2 is 2.07 bits per heavy atom. The van der Waals surface area contributed by atoms with Gasteiger partial charge < -0.3 is 5.32 Å². The number of aryl methyl sites for hydroxylation is 1. The zero-order chi connectivity index (χ0) is 21.3. The van der Waals surface area contributed by atoms with Crippen molar-refractivity contribution in [2.45, 2.75) is 20.0 Å². The lowest BCUT2D eigenvalue weighted by atomic mass is 10.2. The maximum absolute atomic E-state index is 13.6. The molecule has 0 atom stereocenters. The molecule has 0 aliphatic carbocycles. The summed E-state index contributed by atoms with van der Waals surface area (Å²) in [6, 6.07) is 11.6. The molecule has 2 aromatic heterocycles. The second-order valence-corrected chi connectivity index (χ2v) is 7.18. The molecule has 2 heterocycles. The first-order chi connectivity index (χ1) is 14.4. The van der Waals surface area contributed by atoms with Gasteiger partial charge in [0.05, 0.1) is 6.54 Å². The number of fused-ring (bicyclic) bond motifs is 1. The second kappa shape index (κ2) is 8.03. The molecule has 0 unspecified atom stereocenters. The van der Waals surface area contributed by atoms with E-state index in [1.807, 2.05) is 12.1 Å². The molecule has 0 aliphatic rings. The number of hydrogen-bond acceptors (Lipinski definition) is 5. The Hall–Kier alpha value is -3.59. The molecule has 10 heteroatoms. The predicted molar refractivity (Wildman–Crippen MR) is 110 cm³/mol. The molecule has 0 spiro atoms. The summed E-state index contributed by atoms with van der Waals surface area (Å²) < 4.78 is 16.2. The number of amides is 1. The molecule has 0 aliphatic heterocycles.